The van der Waals surface area contributed by atoms with Gasteiger partial charge in [0.05, 0.1) is 12.2 Å². The molecule has 1 aromatic rings. The molecule has 0 atom stereocenters. The smallest absolute Gasteiger partial charge is 0.338 e. The van der Waals surface area contributed by atoms with Crippen molar-refractivity contribution in [2.24, 2.45) is 0 Å². The molecule has 0 heterocycles. The van der Waals surface area contributed by atoms with Crippen molar-refractivity contribution in [1.82, 2.24) is 0 Å². The average molecular weight is 264 g/mol. The molecule has 0 saturated carbocycles. The molecule has 19 heavy (non-hydrogen) atoms. The Labute approximate surface area is 113 Å². The standard InChI is InChI=1S/C15H20O4/c1-3-5-6-7-14(16)19-13-10-8-12(9-11-13)15(17)18-4-2/h8-11H,3-7H2,1-2H3. The zero-order chi connectivity index (χ0) is 14.1. The van der Waals surface area contributed by atoms with Crippen LogP contribution in [-0.4, -0.2) is 18.5 Å². The molecule has 0 spiro atoms. The van der Waals surface area contributed by atoms with Gasteiger partial charge in [0.15, 0.2) is 0 Å². The second kappa shape index (κ2) is 8.29. The Morgan fingerprint density at radius 2 is 1.74 bits per heavy atom. The molecule has 4 heteroatoms. The Kier molecular flexibility index (Phi) is 6.64. The minimum atomic E-state index is -0.372. The fourth-order valence-electron chi connectivity index (χ4n) is 1.58. The molecule has 0 fully saturated rings. The van der Waals surface area contributed by atoms with Gasteiger partial charge in [0, 0.05) is 6.42 Å². The minimum Gasteiger partial charge on any atom is -0.462 e. The van der Waals surface area contributed by atoms with E-state index in [0.29, 0.717) is 24.3 Å². The van der Waals surface area contributed by atoms with Gasteiger partial charge in [0.25, 0.3) is 0 Å². The van der Waals surface area contributed by atoms with Gasteiger partial charge in [-0.1, -0.05) is 19.8 Å². The van der Waals surface area contributed by atoms with Crippen LogP contribution in [0.5, 0.6) is 5.75 Å². The second-order valence-electron chi connectivity index (χ2n) is 4.18. The van der Waals surface area contributed by atoms with Crippen LogP contribution in [0.15, 0.2) is 24.3 Å². The molecule has 0 unspecified atom stereocenters. The molecule has 0 amide bonds. The topological polar surface area (TPSA) is 52.6 Å². The Morgan fingerprint density at radius 1 is 1.05 bits per heavy atom. The number of unbranched alkanes of at least 4 members (excludes halogenated alkanes) is 2. The highest BCUT2D eigenvalue weighted by Gasteiger charge is 2.08. The zero-order valence-electron chi connectivity index (χ0n) is 11.5. The molecule has 0 radical (unpaired) electrons. The van der Waals surface area contributed by atoms with Gasteiger partial charge < -0.3 is 9.47 Å². The Hall–Kier alpha value is -1.84. The maximum atomic E-state index is 11.5. The van der Waals surface area contributed by atoms with Gasteiger partial charge >= 0.3 is 11.9 Å². The summed E-state index contributed by atoms with van der Waals surface area (Å²) in [6.45, 7) is 4.18. The van der Waals surface area contributed by atoms with E-state index in [1.807, 2.05) is 0 Å². The summed E-state index contributed by atoms with van der Waals surface area (Å²) in [6, 6.07) is 6.38. The van der Waals surface area contributed by atoms with E-state index in [-0.39, 0.29) is 11.9 Å². The van der Waals surface area contributed by atoms with Crippen molar-refractivity contribution in [1.29, 1.82) is 0 Å². The van der Waals surface area contributed by atoms with Crippen LogP contribution in [0.3, 0.4) is 0 Å². The number of benzene rings is 1. The van der Waals surface area contributed by atoms with Crippen molar-refractivity contribution in [3.63, 3.8) is 0 Å². The fraction of sp³-hybridized carbons (Fsp3) is 0.467. The van der Waals surface area contributed by atoms with Crippen LogP contribution in [0.1, 0.15) is 49.9 Å². The SMILES string of the molecule is CCCCCC(=O)Oc1ccc(C(=O)OCC)cc1. The van der Waals surface area contributed by atoms with Gasteiger partial charge in [-0.05, 0) is 37.6 Å². The summed E-state index contributed by atoms with van der Waals surface area (Å²) < 4.78 is 10.0. The summed E-state index contributed by atoms with van der Waals surface area (Å²) in [4.78, 5) is 22.9. The first-order chi connectivity index (χ1) is 9.17. The molecule has 1 rings (SSSR count). The molecule has 0 bridgehead atoms. The normalized spacial score (nSPS) is 10.0. The molecule has 1 aromatic carbocycles. The van der Waals surface area contributed by atoms with Crippen LogP contribution in [0, 0.1) is 0 Å². The number of rotatable bonds is 7. The third-order valence-corrected chi connectivity index (χ3v) is 2.58. The van der Waals surface area contributed by atoms with Crippen LogP contribution in [0.2, 0.25) is 0 Å². The van der Waals surface area contributed by atoms with Crippen LogP contribution in [0.25, 0.3) is 0 Å². The summed E-state index contributed by atoms with van der Waals surface area (Å²) in [7, 11) is 0. The first-order valence-electron chi connectivity index (χ1n) is 6.65. The van der Waals surface area contributed by atoms with E-state index < -0.39 is 0 Å². The number of carbonyl (C=O) groups excluding carboxylic acids is 2. The predicted molar refractivity (Wildman–Crippen MR) is 72.2 cm³/mol. The average Bonchev–Trinajstić information content (AvgIpc) is 2.40. The van der Waals surface area contributed by atoms with Crippen LogP contribution >= 0.6 is 0 Å². The van der Waals surface area contributed by atoms with E-state index in [0.717, 1.165) is 19.3 Å². The lowest BCUT2D eigenvalue weighted by Crippen LogP contribution is -2.08. The number of ether oxygens (including phenoxy) is 2. The summed E-state index contributed by atoms with van der Waals surface area (Å²) in [5, 5.41) is 0. The number of hydrogen-bond donors (Lipinski definition) is 0. The summed E-state index contributed by atoms with van der Waals surface area (Å²) in [5.74, 6) is -0.157. The third-order valence-electron chi connectivity index (χ3n) is 2.58. The third kappa shape index (κ3) is 5.55. The summed E-state index contributed by atoms with van der Waals surface area (Å²) >= 11 is 0. The molecule has 0 aliphatic rings. The summed E-state index contributed by atoms with van der Waals surface area (Å²) in [6.07, 6.45) is 3.36. The number of carbonyl (C=O) groups is 2. The number of hydrogen-bond acceptors (Lipinski definition) is 4. The monoisotopic (exact) mass is 264 g/mol. The largest absolute Gasteiger partial charge is 0.462 e. The van der Waals surface area contributed by atoms with E-state index in [1.165, 1.54) is 0 Å². The van der Waals surface area contributed by atoms with Gasteiger partial charge in [0.1, 0.15) is 5.75 Å². The molecule has 0 saturated heterocycles. The highest BCUT2D eigenvalue weighted by Crippen LogP contribution is 2.14. The highest BCUT2D eigenvalue weighted by atomic mass is 16.5. The van der Waals surface area contributed by atoms with Crippen molar-refractivity contribution >= 4 is 11.9 Å². The second-order valence-corrected chi connectivity index (χ2v) is 4.18. The highest BCUT2D eigenvalue weighted by molar-refractivity contribution is 5.89. The van der Waals surface area contributed by atoms with E-state index in [1.54, 1.807) is 31.2 Å². The molecule has 0 aromatic heterocycles. The van der Waals surface area contributed by atoms with E-state index in [9.17, 15) is 9.59 Å². The van der Waals surface area contributed by atoms with Crippen molar-refractivity contribution < 1.29 is 19.1 Å². The van der Waals surface area contributed by atoms with Crippen molar-refractivity contribution in [3.05, 3.63) is 29.8 Å². The predicted octanol–water partition coefficient (Wildman–Crippen LogP) is 3.35. The van der Waals surface area contributed by atoms with E-state index >= 15 is 0 Å². The Bertz CT molecular complexity index is 409. The molecule has 104 valence electrons. The van der Waals surface area contributed by atoms with E-state index in [4.69, 9.17) is 9.47 Å². The molecule has 0 aliphatic carbocycles. The molecule has 0 N–H and O–H groups in total. The van der Waals surface area contributed by atoms with Gasteiger partial charge in [-0.3, -0.25) is 4.79 Å². The number of esters is 2. The van der Waals surface area contributed by atoms with Gasteiger partial charge in [-0.25, -0.2) is 4.79 Å². The minimum absolute atomic E-state index is 0.239. The van der Waals surface area contributed by atoms with E-state index in [2.05, 4.69) is 6.92 Å². The van der Waals surface area contributed by atoms with Gasteiger partial charge in [-0.15, -0.1) is 0 Å². The van der Waals surface area contributed by atoms with Crippen LogP contribution in [0.4, 0.5) is 0 Å². The van der Waals surface area contributed by atoms with Crippen LogP contribution in [-0.2, 0) is 9.53 Å². The molecular formula is C15H20O4. The maximum Gasteiger partial charge on any atom is 0.338 e. The van der Waals surface area contributed by atoms with Crippen molar-refractivity contribution in [3.8, 4) is 5.75 Å². The lowest BCUT2D eigenvalue weighted by molar-refractivity contribution is -0.134. The molecular weight excluding hydrogens is 244 g/mol. The Balaban J connectivity index is 2.47. The van der Waals surface area contributed by atoms with Crippen LogP contribution < -0.4 is 4.74 Å². The summed E-state index contributed by atoms with van der Waals surface area (Å²) in [5.41, 5.74) is 0.452. The maximum absolute atomic E-state index is 11.5. The van der Waals surface area contributed by atoms with Crippen molar-refractivity contribution in [2.75, 3.05) is 6.61 Å². The fourth-order valence-corrected chi connectivity index (χ4v) is 1.58. The zero-order valence-corrected chi connectivity index (χ0v) is 11.5. The first-order valence-corrected chi connectivity index (χ1v) is 6.65. The van der Waals surface area contributed by atoms with Crippen molar-refractivity contribution in [2.45, 2.75) is 39.5 Å². The molecule has 4 nitrogen and oxygen atoms in total. The lowest BCUT2D eigenvalue weighted by atomic mass is 10.2. The van der Waals surface area contributed by atoms with Gasteiger partial charge in [0.2, 0.25) is 0 Å². The lowest BCUT2D eigenvalue weighted by Gasteiger charge is -2.05. The first kappa shape index (κ1) is 15.2. The quantitative estimate of drug-likeness (QED) is 0.430. The van der Waals surface area contributed by atoms with Gasteiger partial charge in [-0.2, -0.15) is 0 Å². The molecule has 0 aliphatic heterocycles. The Morgan fingerprint density at radius 3 is 2.32 bits per heavy atom.